The van der Waals surface area contributed by atoms with Crippen molar-refractivity contribution in [3.05, 3.63) is 42.0 Å². The first kappa shape index (κ1) is 14.3. The van der Waals surface area contributed by atoms with Gasteiger partial charge in [-0.1, -0.05) is 43.7 Å². The van der Waals surface area contributed by atoms with Gasteiger partial charge in [0.05, 0.1) is 5.56 Å². The van der Waals surface area contributed by atoms with Crippen LogP contribution >= 0.6 is 0 Å². The zero-order valence-electron chi connectivity index (χ0n) is 11.6. The third-order valence-electron chi connectivity index (χ3n) is 3.40. The van der Waals surface area contributed by atoms with Gasteiger partial charge in [0.1, 0.15) is 5.75 Å². The highest BCUT2D eigenvalue weighted by atomic mass is 16.3. The van der Waals surface area contributed by atoms with E-state index in [1.165, 1.54) is 0 Å². The van der Waals surface area contributed by atoms with Crippen LogP contribution in [0.5, 0.6) is 5.75 Å². The van der Waals surface area contributed by atoms with Crippen molar-refractivity contribution in [1.29, 1.82) is 0 Å². The molecule has 0 bridgehead atoms. The van der Waals surface area contributed by atoms with Crippen LogP contribution in [0.4, 0.5) is 0 Å². The lowest BCUT2D eigenvalue weighted by Gasteiger charge is -2.16. The second-order valence-corrected chi connectivity index (χ2v) is 4.88. The van der Waals surface area contributed by atoms with Crippen LogP contribution in [0.1, 0.15) is 30.1 Å². The molecule has 106 valence electrons. The molecule has 0 radical (unpaired) electrons. The highest BCUT2D eigenvalue weighted by molar-refractivity contribution is 6.03. The minimum absolute atomic E-state index is 0.0212. The molecule has 0 fully saturated rings. The number of rotatable bonds is 5. The molecule has 0 heterocycles. The minimum Gasteiger partial charge on any atom is -0.506 e. The first-order valence-corrected chi connectivity index (χ1v) is 6.89. The Morgan fingerprint density at radius 3 is 2.75 bits per heavy atom. The van der Waals surface area contributed by atoms with Crippen LogP contribution < -0.4 is 11.1 Å². The molecule has 2 rings (SSSR count). The predicted molar refractivity (Wildman–Crippen MR) is 80.8 cm³/mol. The number of phenolic OH excluding ortho intramolecular Hbond substituents is 1. The number of hydrogen-bond acceptors (Lipinski definition) is 3. The molecule has 1 unspecified atom stereocenters. The van der Waals surface area contributed by atoms with E-state index >= 15 is 0 Å². The van der Waals surface area contributed by atoms with Crippen molar-refractivity contribution in [3.63, 3.8) is 0 Å². The van der Waals surface area contributed by atoms with Gasteiger partial charge < -0.3 is 16.2 Å². The van der Waals surface area contributed by atoms with Gasteiger partial charge in [-0.05, 0) is 17.9 Å². The zero-order valence-corrected chi connectivity index (χ0v) is 11.6. The van der Waals surface area contributed by atoms with Gasteiger partial charge in [-0.15, -0.1) is 0 Å². The average Bonchev–Trinajstić information content (AvgIpc) is 2.47. The van der Waals surface area contributed by atoms with E-state index in [0.29, 0.717) is 17.5 Å². The van der Waals surface area contributed by atoms with Crippen LogP contribution in [0.15, 0.2) is 36.4 Å². The Morgan fingerprint density at radius 1 is 1.30 bits per heavy atom. The largest absolute Gasteiger partial charge is 0.506 e. The van der Waals surface area contributed by atoms with Gasteiger partial charge in [-0.25, -0.2) is 0 Å². The van der Waals surface area contributed by atoms with Crippen LogP contribution in [0.2, 0.25) is 0 Å². The molecule has 0 aromatic heterocycles. The number of aromatic hydroxyl groups is 1. The summed E-state index contributed by atoms with van der Waals surface area (Å²) in [6, 6.07) is 10.9. The number of fused-ring (bicyclic) bond motifs is 1. The summed E-state index contributed by atoms with van der Waals surface area (Å²) in [7, 11) is 0. The molecular weight excluding hydrogens is 252 g/mol. The van der Waals surface area contributed by atoms with Crippen molar-refractivity contribution in [1.82, 2.24) is 5.32 Å². The van der Waals surface area contributed by atoms with E-state index in [0.717, 1.165) is 18.2 Å². The maximum absolute atomic E-state index is 12.2. The normalized spacial score (nSPS) is 12.3. The Balaban J connectivity index is 2.28. The second-order valence-electron chi connectivity index (χ2n) is 4.88. The summed E-state index contributed by atoms with van der Waals surface area (Å²) >= 11 is 0. The molecule has 2 aromatic carbocycles. The van der Waals surface area contributed by atoms with E-state index in [4.69, 9.17) is 5.73 Å². The summed E-state index contributed by atoms with van der Waals surface area (Å²) in [5, 5.41) is 14.7. The van der Waals surface area contributed by atoms with Gasteiger partial charge in [0.15, 0.2) is 0 Å². The second kappa shape index (κ2) is 6.39. The quantitative estimate of drug-likeness (QED) is 0.782. The molecule has 0 aliphatic rings. The van der Waals surface area contributed by atoms with E-state index in [1.54, 1.807) is 12.1 Å². The summed E-state index contributed by atoms with van der Waals surface area (Å²) < 4.78 is 0. The fourth-order valence-electron chi connectivity index (χ4n) is 2.30. The van der Waals surface area contributed by atoms with Crippen LogP contribution in [-0.4, -0.2) is 23.6 Å². The summed E-state index contributed by atoms with van der Waals surface area (Å²) in [6.07, 6.45) is 1.78. The molecule has 0 saturated heterocycles. The van der Waals surface area contributed by atoms with Gasteiger partial charge in [-0.2, -0.15) is 0 Å². The van der Waals surface area contributed by atoms with E-state index < -0.39 is 0 Å². The van der Waals surface area contributed by atoms with Crippen molar-refractivity contribution in [2.75, 3.05) is 6.54 Å². The third-order valence-corrected chi connectivity index (χ3v) is 3.40. The maximum atomic E-state index is 12.2. The van der Waals surface area contributed by atoms with Crippen molar-refractivity contribution in [3.8, 4) is 5.75 Å². The van der Waals surface area contributed by atoms with E-state index in [2.05, 4.69) is 5.32 Å². The van der Waals surface area contributed by atoms with Gasteiger partial charge in [0.2, 0.25) is 0 Å². The predicted octanol–water partition coefficient (Wildman–Crippen LogP) is 2.40. The number of nitrogens with one attached hydrogen (secondary N) is 1. The molecule has 0 aliphatic heterocycles. The number of benzene rings is 2. The van der Waals surface area contributed by atoms with Crippen LogP contribution in [0, 0.1) is 0 Å². The molecule has 4 heteroatoms. The number of hydrogen-bond donors (Lipinski definition) is 3. The van der Waals surface area contributed by atoms with Gasteiger partial charge >= 0.3 is 0 Å². The number of carbonyl (C=O) groups excluding carboxylic acids is 1. The highest BCUT2D eigenvalue weighted by Gasteiger charge is 2.16. The molecule has 4 nitrogen and oxygen atoms in total. The molecular formula is C16H20N2O2. The molecule has 2 aromatic rings. The van der Waals surface area contributed by atoms with Gasteiger partial charge in [0, 0.05) is 18.0 Å². The lowest BCUT2D eigenvalue weighted by molar-refractivity contribution is 0.0933. The molecule has 1 amide bonds. The van der Waals surface area contributed by atoms with Crippen molar-refractivity contribution < 1.29 is 9.90 Å². The lowest BCUT2D eigenvalue weighted by atomic mass is 10.0. The first-order chi connectivity index (χ1) is 9.67. The Hall–Kier alpha value is -2.07. The summed E-state index contributed by atoms with van der Waals surface area (Å²) in [4.78, 5) is 12.2. The molecule has 4 N–H and O–H groups in total. The maximum Gasteiger partial charge on any atom is 0.255 e. The molecule has 20 heavy (non-hydrogen) atoms. The fraction of sp³-hybridized carbons (Fsp3) is 0.312. The third kappa shape index (κ3) is 2.91. The molecule has 1 atom stereocenters. The van der Waals surface area contributed by atoms with Crippen molar-refractivity contribution >= 4 is 16.7 Å². The van der Waals surface area contributed by atoms with Gasteiger partial charge in [0.25, 0.3) is 5.91 Å². The van der Waals surface area contributed by atoms with E-state index in [9.17, 15) is 9.90 Å². The Morgan fingerprint density at radius 2 is 2.05 bits per heavy atom. The first-order valence-electron chi connectivity index (χ1n) is 6.89. The zero-order chi connectivity index (χ0) is 14.5. The number of amides is 1. The topological polar surface area (TPSA) is 75.3 Å². The molecule has 0 saturated carbocycles. The van der Waals surface area contributed by atoms with Crippen LogP contribution in [0.25, 0.3) is 10.8 Å². The Labute approximate surface area is 118 Å². The number of phenols is 1. The standard InChI is InChI=1S/C16H20N2O2/c1-2-5-12(10-17)18-16(20)14-9-8-11-6-3-4-7-13(11)15(14)19/h3-4,6-9,12,19H,2,5,10,17H2,1H3,(H,18,20). The Kier molecular flexibility index (Phi) is 4.58. The smallest absolute Gasteiger partial charge is 0.255 e. The highest BCUT2D eigenvalue weighted by Crippen LogP contribution is 2.28. The Bertz CT molecular complexity index is 610. The van der Waals surface area contributed by atoms with Crippen LogP contribution in [-0.2, 0) is 0 Å². The molecule has 0 spiro atoms. The number of nitrogens with two attached hydrogens (primary N) is 1. The monoisotopic (exact) mass is 272 g/mol. The van der Waals surface area contributed by atoms with Crippen LogP contribution in [0.3, 0.4) is 0 Å². The van der Waals surface area contributed by atoms with Crippen molar-refractivity contribution in [2.45, 2.75) is 25.8 Å². The van der Waals surface area contributed by atoms with Crippen molar-refractivity contribution in [2.24, 2.45) is 5.73 Å². The average molecular weight is 272 g/mol. The fourth-order valence-corrected chi connectivity index (χ4v) is 2.30. The van der Waals surface area contributed by atoms with E-state index in [1.807, 2.05) is 31.2 Å². The van der Waals surface area contributed by atoms with Gasteiger partial charge in [-0.3, -0.25) is 4.79 Å². The summed E-state index contributed by atoms with van der Waals surface area (Å²) in [5.74, 6) is -0.259. The number of carbonyl (C=O) groups is 1. The summed E-state index contributed by atoms with van der Waals surface area (Å²) in [6.45, 7) is 2.44. The van der Waals surface area contributed by atoms with E-state index in [-0.39, 0.29) is 17.7 Å². The lowest BCUT2D eigenvalue weighted by Crippen LogP contribution is -2.40. The SMILES string of the molecule is CCCC(CN)NC(=O)c1ccc2ccccc2c1O. The summed E-state index contributed by atoms with van der Waals surface area (Å²) in [5.41, 5.74) is 5.93. The minimum atomic E-state index is -0.280. The molecule has 0 aliphatic carbocycles.